The van der Waals surface area contributed by atoms with Gasteiger partial charge in [-0.25, -0.2) is 0 Å². The van der Waals surface area contributed by atoms with Crippen molar-refractivity contribution in [2.24, 2.45) is 52.3 Å². The first kappa shape index (κ1) is 68.7. The van der Waals surface area contributed by atoms with E-state index in [0.717, 1.165) is 51.4 Å². The van der Waals surface area contributed by atoms with Crippen LogP contribution in [0.3, 0.4) is 0 Å². The van der Waals surface area contributed by atoms with E-state index in [-0.39, 0.29) is 28.8 Å². The van der Waals surface area contributed by atoms with Gasteiger partial charge in [0.25, 0.3) is 0 Å². The van der Waals surface area contributed by atoms with Crippen LogP contribution in [0.2, 0.25) is 0 Å². The highest BCUT2D eigenvalue weighted by Crippen LogP contribution is 2.71. The monoisotopic (exact) mass is 1300 g/mol. The van der Waals surface area contributed by atoms with Crippen LogP contribution in [0.5, 0.6) is 0 Å². The van der Waals surface area contributed by atoms with Crippen molar-refractivity contribution in [3.8, 4) is 0 Å². The summed E-state index contributed by atoms with van der Waals surface area (Å²) in [6.07, 6.45) is -40.9. The molecule has 0 aromatic heterocycles. The van der Waals surface area contributed by atoms with Gasteiger partial charge in [-0.1, -0.05) is 27.7 Å². The molecule has 4 aliphatic carbocycles. The molecule has 4 saturated carbocycles. The number of fused-ring (bicyclic) bond motifs is 7. The quantitative estimate of drug-likeness (QED) is 0.0681. The smallest absolute Gasteiger partial charge is 0.187 e. The van der Waals surface area contributed by atoms with Gasteiger partial charge in [0.15, 0.2) is 43.5 Å². The molecule has 12 aliphatic rings. The summed E-state index contributed by atoms with van der Waals surface area (Å²) >= 11 is 0. The number of hydrogen-bond donors (Lipinski definition) is 16. The summed E-state index contributed by atoms with van der Waals surface area (Å²) in [5, 5.41) is 176. The number of ether oxygens (including phenoxy) is 14. The minimum absolute atomic E-state index is 0.0816. The molecule has 0 aromatic carbocycles. The fraction of sp³-hybridized carbons (Fsp3) is 1.00. The van der Waals surface area contributed by atoms with E-state index in [1.54, 1.807) is 0 Å². The summed E-state index contributed by atoms with van der Waals surface area (Å²) < 4.78 is 87.2. The van der Waals surface area contributed by atoms with Crippen LogP contribution >= 0.6 is 0 Å². The van der Waals surface area contributed by atoms with Gasteiger partial charge in [-0.15, -0.1) is 0 Å². The molecule has 0 radical (unpaired) electrons. The molecule has 0 bridgehead atoms. The molecule has 0 aromatic rings. The van der Waals surface area contributed by atoms with Gasteiger partial charge in [-0.05, 0) is 104 Å². The van der Waals surface area contributed by atoms with Crippen molar-refractivity contribution in [2.45, 2.75) is 276 Å². The van der Waals surface area contributed by atoms with Crippen LogP contribution < -0.4 is 0 Å². The SMILES string of the molecule is CC1CCC2(OC1)OC1CC3C4CCC5CC(OC6OC(CO)C(O)C(OC7OC(CO)C(O)C(OC8OCC(O)C(O)C8O)C7OC7OCC(O)C(O)C7O)C6OC6OC(CO)C(OC7OCC(O)C(O)C7O)C(O)C6O)CCC5(C)C4CCC3(C)C1C2C. The number of aliphatic hydroxyl groups excluding tert-OH is 16. The van der Waals surface area contributed by atoms with Crippen LogP contribution in [0.4, 0.5) is 0 Å². The molecule has 30 nitrogen and oxygen atoms in total. The molecule has 8 aliphatic heterocycles. The van der Waals surface area contributed by atoms with Gasteiger partial charge in [0, 0.05) is 12.3 Å². The lowest BCUT2D eigenvalue weighted by Gasteiger charge is -2.61. The standard InChI is InChI=1S/C60H98O30/c1-22-7-12-60(80-18-22)23(2)36-32(90-60)14-28-26-6-5-24-13-25(8-10-58(24,3)27(26)9-11-59(28,36)4)81-56-50(89-55-46(76)42(72)47(35(17-63)84-55)85-52-43(73)37(67)29(64)19-77-52)49(41(71)33(15-61)82-56)87-57-51(88-54-45(75)39(69)31(66)21-79-54)48(40(70)34(16-62)83-57)86-53-44(74)38(68)30(65)20-78-53/h22-57,61-76H,5-21H2,1-4H3. The van der Waals surface area contributed by atoms with Crippen molar-refractivity contribution in [1.82, 2.24) is 0 Å². The minimum atomic E-state index is -2.12. The molecule has 0 amide bonds. The van der Waals surface area contributed by atoms with Gasteiger partial charge in [-0.3, -0.25) is 0 Å². The first-order valence-corrected chi connectivity index (χ1v) is 32.6. The normalized spacial score (nSPS) is 57.3. The maximum atomic E-state index is 12.4. The molecule has 12 rings (SSSR count). The van der Waals surface area contributed by atoms with Crippen molar-refractivity contribution >= 4 is 0 Å². The van der Waals surface area contributed by atoms with Crippen LogP contribution in [-0.2, 0) is 66.3 Å². The Morgan fingerprint density at radius 3 is 1.42 bits per heavy atom. The lowest BCUT2D eigenvalue weighted by atomic mass is 9.44. The van der Waals surface area contributed by atoms with E-state index in [4.69, 9.17) is 66.3 Å². The summed E-state index contributed by atoms with van der Waals surface area (Å²) in [7, 11) is 0. The van der Waals surface area contributed by atoms with Gasteiger partial charge >= 0.3 is 0 Å². The Bertz CT molecular complexity index is 2360. The Morgan fingerprint density at radius 2 is 0.889 bits per heavy atom. The van der Waals surface area contributed by atoms with E-state index in [1.165, 1.54) is 0 Å². The lowest BCUT2D eigenvalue weighted by molar-refractivity contribution is -0.415. The second-order valence-corrected chi connectivity index (χ2v) is 28.6. The number of rotatable bonds is 15. The predicted molar refractivity (Wildman–Crippen MR) is 296 cm³/mol. The van der Waals surface area contributed by atoms with Crippen molar-refractivity contribution in [3.63, 3.8) is 0 Å². The molecule has 8 heterocycles. The second kappa shape index (κ2) is 27.3. The third kappa shape index (κ3) is 12.3. The highest BCUT2D eigenvalue weighted by atomic mass is 16.8. The molecule has 8 saturated heterocycles. The van der Waals surface area contributed by atoms with Gasteiger partial charge in [-0.2, -0.15) is 0 Å². The third-order valence-corrected chi connectivity index (χ3v) is 23.4. The van der Waals surface area contributed by atoms with E-state index < -0.39 is 217 Å². The predicted octanol–water partition coefficient (Wildman–Crippen LogP) is -5.34. The maximum Gasteiger partial charge on any atom is 0.187 e. The van der Waals surface area contributed by atoms with Crippen molar-refractivity contribution < 1.29 is 148 Å². The molecule has 12 fully saturated rings. The molecule has 16 N–H and O–H groups in total. The zero-order valence-electron chi connectivity index (χ0n) is 51.2. The Labute approximate surface area is 520 Å². The van der Waals surface area contributed by atoms with E-state index in [2.05, 4.69) is 27.7 Å². The average molecular weight is 1300 g/mol. The summed E-state index contributed by atoms with van der Waals surface area (Å²) in [6.45, 7) is 5.73. The third-order valence-electron chi connectivity index (χ3n) is 23.4. The van der Waals surface area contributed by atoms with E-state index in [9.17, 15) is 81.7 Å². The molecule has 518 valence electrons. The molecular formula is C60H98O30. The summed E-state index contributed by atoms with van der Waals surface area (Å²) in [4.78, 5) is 0. The number of hydrogen-bond acceptors (Lipinski definition) is 30. The fourth-order valence-electron chi connectivity index (χ4n) is 18.3. The number of aliphatic hydroxyl groups is 16. The molecule has 39 atom stereocenters. The summed E-state index contributed by atoms with van der Waals surface area (Å²) in [6, 6.07) is 0. The molecule has 1 spiro atoms. The fourth-order valence-corrected chi connectivity index (χ4v) is 18.3. The van der Waals surface area contributed by atoms with E-state index in [1.807, 2.05) is 0 Å². The Kier molecular flexibility index (Phi) is 20.8. The van der Waals surface area contributed by atoms with Crippen molar-refractivity contribution in [3.05, 3.63) is 0 Å². The first-order valence-electron chi connectivity index (χ1n) is 32.6. The topological polar surface area (TPSA) is 453 Å². The van der Waals surface area contributed by atoms with E-state index in [0.29, 0.717) is 49.0 Å². The average Bonchev–Trinajstić information content (AvgIpc) is 1.47. The van der Waals surface area contributed by atoms with Crippen LogP contribution in [-0.4, -0.2) is 312 Å². The first-order chi connectivity index (χ1) is 42.8. The highest BCUT2D eigenvalue weighted by Gasteiger charge is 2.70. The molecular weight excluding hydrogens is 1200 g/mol. The maximum absolute atomic E-state index is 12.4. The van der Waals surface area contributed by atoms with Gasteiger partial charge in [0.05, 0.1) is 58.5 Å². The van der Waals surface area contributed by atoms with Crippen LogP contribution in [0.1, 0.15) is 91.9 Å². The Hall–Kier alpha value is -1.20. The Morgan fingerprint density at radius 1 is 0.411 bits per heavy atom. The highest BCUT2D eigenvalue weighted by molar-refractivity contribution is 5.16. The van der Waals surface area contributed by atoms with Crippen LogP contribution in [0, 0.1) is 52.3 Å². The molecule has 30 heteroatoms. The zero-order chi connectivity index (χ0) is 64.2. The molecule has 90 heavy (non-hydrogen) atoms. The molecule has 39 unspecified atom stereocenters. The Balaban J connectivity index is 0.830. The lowest BCUT2D eigenvalue weighted by Crippen LogP contribution is -2.69. The van der Waals surface area contributed by atoms with Crippen molar-refractivity contribution in [1.29, 1.82) is 0 Å². The largest absolute Gasteiger partial charge is 0.394 e. The van der Waals surface area contributed by atoms with Gasteiger partial charge < -0.3 is 148 Å². The second-order valence-electron chi connectivity index (χ2n) is 28.6. The minimum Gasteiger partial charge on any atom is -0.394 e. The van der Waals surface area contributed by atoms with E-state index >= 15 is 0 Å². The summed E-state index contributed by atoms with van der Waals surface area (Å²) in [5.41, 5.74) is 0.0161. The van der Waals surface area contributed by atoms with Crippen LogP contribution in [0.15, 0.2) is 0 Å². The van der Waals surface area contributed by atoms with Gasteiger partial charge in [0.1, 0.15) is 128 Å². The van der Waals surface area contributed by atoms with Gasteiger partial charge in [0.2, 0.25) is 0 Å². The zero-order valence-corrected chi connectivity index (χ0v) is 51.2. The summed E-state index contributed by atoms with van der Waals surface area (Å²) in [5.74, 6) is 2.21. The van der Waals surface area contributed by atoms with Crippen molar-refractivity contribution in [2.75, 3.05) is 46.2 Å². The van der Waals surface area contributed by atoms with Crippen LogP contribution in [0.25, 0.3) is 0 Å².